The summed E-state index contributed by atoms with van der Waals surface area (Å²) in [6.45, 7) is 8.13. The minimum absolute atomic E-state index is 0.130. The fraction of sp³-hybridized carbons (Fsp3) is 0.667. The molecule has 2 heterocycles. The summed E-state index contributed by atoms with van der Waals surface area (Å²) in [5.74, 6) is 1.70. The van der Waals surface area contributed by atoms with Crippen molar-refractivity contribution >= 4 is 17.7 Å². The fourth-order valence-electron chi connectivity index (χ4n) is 2.44. The summed E-state index contributed by atoms with van der Waals surface area (Å²) >= 11 is 0. The maximum absolute atomic E-state index is 11.4. The third-order valence-electron chi connectivity index (χ3n) is 3.68. The maximum atomic E-state index is 11.4. The summed E-state index contributed by atoms with van der Waals surface area (Å²) in [6, 6.07) is 1.95. The highest BCUT2D eigenvalue weighted by atomic mass is 16.5. The van der Waals surface area contributed by atoms with Crippen molar-refractivity contribution in [3.63, 3.8) is 0 Å². The van der Waals surface area contributed by atoms with E-state index in [0.717, 1.165) is 63.2 Å². The van der Waals surface area contributed by atoms with E-state index in [9.17, 15) is 4.79 Å². The van der Waals surface area contributed by atoms with Gasteiger partial charge in [0.2, 0.25) is 11.9 Å². The molecule has 1 saturated heterocycles. The van der Waals surface area contributed by atoms with Gasteiger partial charge in [-0.05, 0) is 13.3 Å². The molecule has 122 valence electrons. The first-order chi connectivity index (χ1) is 10.6. The summed E-state index contributed by atoms with van der Waals surface area (Å²) in [5, 5.41) is 3.30. The fourth-order valence-corrected chi connectivity index (χ4v) is 2.44. The van der Waals surface area contributed by atoms with Crippen molar-refractivity contribution in [3.05, 3.63) is 11.8 Å². The van der Waals surface area contributed by atoms with Crippen LogP contribution in [-0.4, -0.2) is 67.2 Å². The molecule has 7 nitrogen and oxygen atoms in total. The van der Waals surface area contributed by atoms with E-state index < -0.39 is 0 Å². The highest BCUT2D eigenvalue weighted by Gasteiger charge is 2.20. The second-order valence-corrected chi connectivity index (χ2v) is 5.46. The Kier molecular flexibility index (Phi) is 5.94. The quantitative estimate of drug-likeness (QED) is 0.788. The molecule has 1 aliphatic rings. The molecule has 7 heteroatoms. The zero-order valence-corrected chi connectivity index (χ0v) is 13.6. The van der Waals surface area contributed by atoms with Gasteiger partial charge in [-0.2, -0.15) is 4.98 Å². The Bertz CT molecular complexity index is 501. The molecule has 1 fully saturated rings. The van der Waals surface area contributed by atoms with Crippen LogP contribution in [0.5, 0.6) is 0 Å². The van der Waals surface area contributed by atoms with E-state index in [1.165, 1.54) is 0 Å². The summed E-state index contributed by atoms with van der Waals surface area (Å²) in [6.07, 6.45) is 0.937. The number of piperazine rings is 1. The molecule has 1 aromatic heterocycles. The number of aryl methyl sites for hydroxylation is 1. The second-order valence-electron chi connectivity index (χ2n) is 5.46. The van der Waals surface area contributed by atoms with Crippen LogP contribution < -0.4 is 10.2 Å². The number of hydrogen-bond acceptors (Lipinski definition) is 6. The van der Waals surface area contributed by atoms with Crippen molar-refractivity contribution in [1.82, 2.24) is 14.9 Å². The van der Waals surface area contributed by atoms with Gasteiger partial charge in [-0.15, -0.1) is 0 Å². The molecule has 0 aliphatic carbocycles. The molecule has 1 amide bonds. The van der Waals surface area contributed by atoms with Gasteiger partial charge in [0.25, 0.3) is 0 Å². The molecular formula is C15H25N5O2. The van der Waals surface area contributed by atoms with Crippen LogP contribution in [0.15, 0.2) is 6.07 Å². The number of nitrogens with one attached hydrogen (secondary N) is 1. The van der Waals surface area contributed by atoms with Gasteiger partial charge in [0, 0.05) is 65.1 Å². The number of hydrogen-bond donors (Lipinski definition) is 1. The van der Waals surface area contributed by atoms with Gasteiger partial charge in [0.1, 0.15) is 5.82 Å². The Morgan fingerprint density at radius 1 is 1.32 bits per heavy atom. The molecule has 0 bridgehead atoms. The lowest BCUT2D eigenvalue weighted by Crippen LogP contribution is -2.48. The molecule has 0 radical (unpaired) electrons. The predicted octanol–water partition coefficient (Wildman–Crippen LogP) is 0.902. The van der Waals surface area contributed by atoms with Crippen LogP contribution in [0.2, 0.25) is 0 Å². The highest BCUT2D eigenvalue weighted by Crippen LogP contribution is 2.15. The van der Waals surface area contributed by atoms with Crippen LogP contribution in [0, 0.1) is 6.92 Å². The second kappa shape index (κ2) is 7.93. The number of nitrogens with zero attached hydrogens (tertiary/aromatic N) is 4. The summed E-state index contributed by atoms with van der Waals surface area (Å²) < 4.78 is 5.04. The molecule has 0 spiro atoms. The Morgan fingerprint density at radius 2 is 2.05 bits per heavy atom. The summed E-state index contributed by atoms with van der Waals surface area (Å²) in [4.78, 5) is 24.5. The molecule has 2 rings (SSSR count). The standard InChI is InChI=1S/C15H25N5O2/c1-12-11-14(16-5-4-10-22-3)18-15(17-12)20-8-6-19(7-9-20)13(2)21/h11H,4-10H2,1-3H3,(H,16,17,18). The zero-order chi connectivity index (χ0) is 15.9. The third-order valence-corrected chi connectivity index (χ3v) is 3.68. The summed E-state index contributed by atoms with van der Waals surface area (Å²) in [7, 11) is 1.70. The van der Waals surface area contributed by atoms with Gasteiger partial charge in [0.15, 0.2) is 0 Å². The predicted molar refractivity (Wildman–Crippen MR) is 86.2 cm³/mol. The number of anilines is 2. The lowest BCUT2D eigenvalue weighted by Gasteiger charge is -2.34. The van der Waals surface area contributed by atoms with Gasteiger partial charge in [-0.3, -0.25) is 4.79 Å². The van der Waals surface area contributed by atoms with Gasteiger partial charge in [-0.25, -0.2) is 4.98 Å². The average molecular weight is 307 g/mol. The average Bonchev–Trinajstić information content (AvgIpc) is 2.51. The van der Waals surface area contributed by atoms with E-state index in [4.69, 9.17) is 4.74 Å². The smallest absolute Gasteiger partial charge is 0.227 e. The third kappa shape index (κ3) is 4.56. The Labute approximate surface area is 131 Å². The monoisotopic (exact) mass is 307 g/mol. The van der Waals surface area contributed by atoms with Crippen molar-refractivity contribution in [2.24, 2.45) is 0 Å². The van der Waals surface area contributed by atoms with Crippen molar-refractivity contribution in [3.8, 4) is 0 Å². The Hall–Kier alpha value is -1.89. The molecule has 0 saturated carbocycles. The van der Waals surface area contributed by atoms with E-state index in [1.54, 1.807) is 14.0 Å². The molecule has 0 atom stereocenters. The van der Waals surface area contributed by atoms with E-state index in [2.05, 4.69) is 20.2 Å². The zero-order valence-electron chi connectivity index (χ0n) is 13.6. The molecule has 0 aromatic carbocycles. The van der Waals surface area contributed by atoms with E-state index in [1.807, 2.05) is 17.9 Å². The first kappa shape index (κ1) is 16.5. The molecule has 0 unspecified atom stereocenters. The Balaban J connectivity index is 1.96. The van der Waals surface area contributed by atoms with Crippen LogP contribution in [-0.2, 0) is 9.53 Å². The number of methoxy groups -OCH3 is 1. The summed E-state index contributed by atoms with van der Waals surface area (Å²) in [5.41, 5.74) is 0.938. The number of aromatic nitrogens is 2. The molecule has 1 aliphatic heterocycles. The molecular weight excluding hydrogens is 282 g/mol. The minimum atomic E-state index is 0.130. The number of carbonyl (C=O) groups excluding carboxylic acids is 1. The number of amides is 1. The lowest BCUT2D eigenvalue weighted by molar-refractivity contribution is -0.129. The Morgan fingerprint density at radius 3 is 2.68 bits per heavy atom. The topological polar surface area (TPSA) is 70.6 Å². The molecule has 22 heavy (non-hydrogen) atoms. The first-order valence-corrected chi connectivity index (χ1v) is 7.69. The van der Waals surface area contributed by atoms with Gasteiger partial charge in [-0.1, -0.05) is 0 Å². The normalized spacial score (nSPS) is 15.0. The van der Waals surface area contributed by atoms with Crippen molar-refractivity contribution in [1.29, 1.82) is 0 Å². The van der Waals surface area contributed by atoms with E-state index >= 15 is 0 Å². The van der Waals surface area contributed by atoms with Gasteiger partial charge >= 0.3 is 0 Å². The minimum Gasteiger partial charge on any atom is -0.385 e. The number of rotatable bonds is 6. The van der Waals surface area contributed by atoms with Gasteiger partial charge < -0.3 is 19.9 Å². The van der Waals surface area contributed by atoms with Crippen LogP contribution in [0.4, 0.5) is 11.8 Å². The molecule has 1 aromatic rings. The van der Waals surface area contributed by atoms with Crippen molar-refractivity contribution in [2.75, 3.05) is 56.7 Å². The van der Waals surface area contributed by atoms with Crippen LogP contribution in [0.25, 0.3) is 0 Å². The van der Waals surface area contributed by atoms with E-state index in [-0.39, 0.29) is 5.91 Å². The number of ether oxygens (including phenoxy) is 1. The van der Waals surface area contributed by atoms with E-state index in [0.29, 0.717) is 0 Å². The lowest BCUT2D eigenvalue weighted by atomic mass is 10.3. The highest BCUT2D eigenvalue weighted by molar-refractivity contribution is 5.73. The maximum Gasteiger partial charge on any atom is 0.227 e. The van der Waals surface area contributed by atoms with Gasteiger partial charge in [0.05, 0.1) is 0 Å². The van der Waals surface area contributed by atoms with Crippen LogP contribution >= 0.6 is 0 Å². The SMILES string of the molecule is COCCCNc1cc(C)nc(N2CCN(C(C)=O)CC2)n1. The van der Waals surface area contributed by atoms with Crippen molar-refractivity contribution < 1.29 is 9.53 Å². The number of carbonyl (C=O) groups is 1. The van der Waals surface area contributed by atoms with Crippen molar-refractivity contribution in [2.45, 2.75) is 20.3 Å². The molecule has 1 N–H and O–H groups in total. The first-order valence-electron chi connectivity index (χ1n) is 7.69. The largest absolute Gasteiger partial charge is 0.385 e. The van der Waals surface area contributed by atoms with Crippen LogP contribution in [0.3, 0.4) is 0 Å². The van der Waals surface area contributed by atoms with Crippen LogP contribution in [0.1, 0.15) is 19.0 Å².